The molecule has 0 radical (unpaired) electrons. The molecular weight excluding hydrogens is 616 g/mol. The fourth-order valence-electron chi connectivity index (χ4n) is 4.41. The summed E-state index contributed by atoms with van der Waals surface area (Å²) in [4.78, 5) is 50.4. The zero-order valence-electron chi connectivity index (χ0n) is 27.0. The molecule has 1 aliphatic rings. The molecular formula is C30H52O16. The van der Waals surface area contributed by atoms with Crippen LogP contribution in [0.2, 0.25) is 0 Å². The monoisotopic (exact) mass is 668 g/mol. The molecule has 268 valence electrons. The van der Waals surface area contributed by atoms with E-state index in [0.29, 0.717) is 12.8 Å². The van der Waals surface area contributed by atoms with Crippen LogP contribution in [0.4, 0.5) is 0 Å². The molecule has 0 aromatic rings. The molecule has 0 bridgehead atoms. The minimum atomic E-state index is -2.39. The molecule has 46 heavy (non-hydrogen) atoms. The van der Waals surface area contributed by atoms with Crippen LogP contribution in [0.15, 0.2) is 0 Å². The van der Waals surface area contributed by atoms with E-state index in [2.05, 4.69) is 0 Å². The Bertz CT molecular complexity index is 915. The highest BCUT2D eigenvalue weighted by molar-refractivity contribution is 5.71. The van der Waals surface area contributed by atoms with Gasteiger partial charge in [0.1, 0.15) is 37.1 Å². The van der Waals surface area contributed by atoms with Crippen LogP contribution in [0.1, 0.15) is 91.9 Å². The van der Waals surface area contributed by atoms with Gasteiger partial charge in [0.05, 0.1) is 6.61 Å². The van der Waals surface area contributed by atoms with E-state index in [9.17, 15) is 44.7 Å². The Morgan fingerprint density at radius 1 is 0.652 bits per heavy atom. The maximum atomic E-state index is 12.9. The quantitative estimate of drug-likeness (QED) is 0.0377. The third-order valence-corrected chi connectivity index (χ3v) is 7.20. The van der Waals surface area contributed by atoms with Gasteiger partial charge in [-0.3, -0.25) is 19.2 Å². The van der Waals surface area contributed by atoms with E-state index in [0.717, 1.165) is 25.7 Å². The van der Waals surface area contributed by atoms with Gasteiger partial charge < -0.3 is 59.1 Å². The van der Waals surface area contributed by atoms with E-state index in [4.69, 9.17) is 33.5 Å². The summed E-state index contributed by atoms with van der Waals surface area (Å²) in [6.07, 6.45) is -15.1. The Hall–Kier alpha value is -2.44. The van der Waals surface area contributed by atoms with E-state index in [1.807, 2.05) is 13.8 Å². The van der Waals surface area contributed by atoms with E-state index in [1.165, 1.54) is 13.8 Å². The smallest absolute Gasteiger partial charge is 0.306 e. The van der Waals surface area contributed by atoms with E-state index < -0.39 is 98.5 Å². The van der Waals surface area contributed by atoms with Gasteiger partial charge in [0, 0.05) is 25.7 Å². The third kappa shape index (κ3) is 13.7. The fraction of sp³-hybridized carbons (Fsp3) is 0.867. The average molecular weight is 669 g/mol. The summed E-state index contributed by atoms with van der Waals surface area (Å²) in [6.45, 7) is 5.32. The van der Waals surface area contributed by atoms with Crippen molar-refractivity contribution in [1.29, 1.82) is 0 Å². The van der Waals surface area contributed by atoms with Crippen molar-refractivity contribution in [3.63, 3.8) is 0 Å². The molecule has 0 aromatic carbocycles. The molecule has 10 atom stereocenters. The maximum absolute atomic E-state index is 12.9. The number of aliphatic hydroxyl groups is 6. The van der Waals surface area contributed by atoms with Crippen molar-refractivity contribution in [2.75, 3.05) is 13.2 Å². The Morgan fingerprint density at radius 2 is 1.17 bits per heavy atom. The van der Waals surface area contributed by atoms with Crippen LogP contribution in [0.3, 0.4) is 0 Å². The zero-order valence-corrected chi connectivity index (χ0v) is 27.0. The molecule has 0 aliphatic carbocycles. The predicted octanol–water partition coefficient (Wildman–Crippen LogP) is -0.259. The molecule has 0 spiro atoms. The lowest BCUT2D eigenvalue weighted by Crippen LogP contribution is -2.64. The highest BCUT2D eigenvalue weighted by atomic mass is 16.8. The number of hydrogen-bond donors (Lipinski definition) is 6. The number of unbranched alkanes of at least 4 members (excludes halogenated alkanes) is 4. The summed E-state index contributed by atoms with van der Waals surface area (Å²) in [7, 11) is 0. The van der Waals surface area contributed by atoms with Crippen LogP contribution in [0.25, 0.3) is 0 Å². The molecule has 0 aromatic heterocycles. The second kappa shape index (κ2) is 22.2. The molecule has 16 heteroatoms. The number of carbonyl (C=O) groups excluding carboxylic acids is 4. The van der Waals surface area contributed by atoms with Crippen molar-refractivity contribution in [3.8, 4) is 0 Å². The molecule has 0 saturated carbocycles. The average Bonchev–Trinajstić information content (AvgIpc) is 3.04. The highest BCUT2D eigenvalue weighted by Crippen LogP contribution is 2.32. The fourth-order valence-corrected chi connectivity index (χ4v) is 4.41. The van der Waals surface area contributed by atoms with Crippen molar-refractivity contribution in [1.82, 2.24) is 0 Å². The maximum Gasteiger partial charge on any atom is 0.306 e. The van der Waals surface area contributed by atoms with Gasteiger partial charge in [0.2, 0.25) is 6.29 Å². The third-order valence-electron chi connectivity index (χ3n) is 7.20. The second-order valence-electron chi connectivity index (χ2n) is 11.0. The first-order chi connectivity index (χ1) is 21.8. The lowest BCUT2D eigenvalue weighted by molar-refractivity contribution is -0.349. The Balaban J connectivity index is 3.49. The molecule has 1 saturated heterocycles. The first-order valence-corrected chi connectivity index (χ1v) is 15.9. The van der Waals surface area contributed by atoms with Crippen LogP contribution in [-0.4, -0.2) is 129 Å². The standard InChI is InChI=1S/C30H52O16/c1-5-9-11-13-21(35)41-16-18-26(45-22(36)14-12-10-6-2)27(43-19(33)7-3)28(44-20(34)8-4)30(42-18)46-29(40)25(39)24(38)23(37)17(32)15-31/h17-18,23-32,37-40H,5-16H2,1-4H3/t17-,18-,23-,24+,25+,26-,27+,28+,29?,30+/m1/s1. The van der Waals surface area contributed by atoms with Crippen LogP contribution in [-0.2, 0) is 47.6 Å². The predicted molar refractivity (Wildman–Crippen MR) is 156 cm³/mol. The number of aliphatic hydroxyl groups excluding tert-OH is 6. The van der Waals surface area contributed by atoms with Gasteiger partial charge in [0.25, 0.3) is 0 Å². The van der Waals surface area contributed by atoms with Crippen LogP contribution in [0.5, 0.6) is 0 Å². The Labute approximate surface area is 268 Å². The van der Waals surface area contributed by atoms with Crippen molar-refractivity contribution < 1.29 is 78.2 Å². The molecule has 0 amide bonds. The number of ether oxygens (including phenoxy) is 6. The van der Waals surface area contributed by atoms with Crippen LogP contribution >= 0.6 is 0 Å². The van der Waals surface area contributed by atoms with E-state index in [-0.39, 0.29) is 25.7 Å². The number of rotatable bonds is 22. The summed E-state index contributed by atoms with van der Waals surface area (Å²) in [5.41, 5.74) is 0. The molecule has 1 fully saturated rings. The zero-order chi connectivity index (χ0) is 34.8. The van der Waals surface area contributed by atoms with Gasteiger partial charge in [-0.05, 0) is 12.8 Å². The van der Waals surface area contributed by atoms with Gasteiger partial charge in [-0.1, -0.05) is 53.4 Å². The van der Waals surface area contributed by atoms with Gasteiger partial charge in [-0.15, -0.1) is 0 Å². The summed E-state index contributed by atoms with van der Waals surface area (Å²) < 4.78 is 33.4. The van der Waals surface area contributed by atoms with Gasteiger partial charge in [-0.25, -0.2) is 0 Å². The minimum absolute atomic E-state index is 0.00748. The van der Waals surface area contributed by atoms with Gasteiger partial charge in [-0.2, -0.15) is 0 Å². The van der Waals surface area contributed by atoms with Gasteiger partial charge >= 0.3 is 23.9 Å². The summed E-state index contributed by atoms with van der Waals surface area (Å²) in [5.74, 6) is -2.94. The van der Waals surface area contributed by atoms with Crippen LogP contribution < -0.4 is 0 Å². The summed E-state index contributed by atoms with van der Waals surface area (Å²) >= 11 is 0. The number of esters is 4. The van der Waals surface area contributed by atoms with Crippen molar-refractivity contribution >= 4 is 23.9 Å². The lowest BCUT2D eigenvalue weighted by Gasteiger charge is -2.45. The van der Waals surface area contributed by atoms with E-state index in [1.54, 1.807) is 0 Å². The lowest BCUT2D eigenvalue weighted by atomic mass is 9.97. The van der Waals surface area contributed by atoms with Crippen LogP contribution in [0, 0.1) is 0 Å². The normalized spacial score (nSPS) is 24.6. The highest BCUT2D eigenvalue weighted by Gasteiger charge is 2.54. The largest absolute Gasteiger partial charge is 0.463 e. The van der Waals surface area contributed by atoms with E-state index >= 15 is 0 Å². The van der Waals surface area contributed by atoms with Gasteiger partial charge in [0.15, 0.2) is 24.6 Å². The van der Waals surface area contributed by atoms with Crippen molar-refractivity contribution in [2.24, 2.45) is 0 Å². The minimum Gasteiger partial charge on any atom is -0.463 e. The second-order valence-corrected chi connectivity index (χ2v) is 11.0. The molecule has 1 rings (SSSR count). The molecule has 1 heterocycles. The van der Waals surface area contributed by atoms with Crippen molar-refractivity contribution in [3.05, 3.63) is 0 Å². The molecule has 6 N–H and O–H groups in total. The molecule has 1 aliphatic heterocycles. The summed E-state index contributed by atoms with van der Waals surface area (Å²) in [6, 6.07) is 0. The molecule has 16 nitrogen and oxygen atoms in total. The SMILES string of the molecule is CCCCCC(=O)OC[C@H]1O[C@@H](OC(O)[C@@H](O)[C@@H](O)[C@H](O)[C@H](O)CO)[C@@H](OC(=O)CC)[C@@H](OC(=O)CC)[C@@H]1OC(=O)CCCCC. The summed E-state index contributed by atoms with van der Waals surface area (Å²) in [5, 5.41) is 60.0. The number of carbonyl (C=O) groups is 4. The molecule has 1 unspecified atom stereocenters. The Kier molecular flexibility index (Phi) is 20.1. The first-order valence-electron chi connectivity index (χ1n) is 15.9. The van der Waals surface area contributed by atoms with Crippen molar-refractivity contribution in [2.45, 2.75) is 153 Å². The number of hydrogen-bond acceptors (Lipinski definition) is 16. The first kappa shape index (κ1) is 41.6. The topological polar surface area (TPSA) is 245 Å². The Morgan fingerprint density at radius 3 is 1.70 bits per heavy atom.